The molecule has 73 heavy (non-hydrogen) atoms. The zero-order valence-corrected chi connectivity index (χ0v) is 41.6. The lowest BCUT2D eigenvalue weighted by Crippen LogP contribution is -2.61. The van der Waals surface area contributed by atoms with Crippen LogP contribution in [-0.2, 0) is 64.0 Å². The summed E-state index contributed by atoms with van der Waals surface area (Å²) in [6, 6.07) is -14.2. The Morgan fingerprint density at radius 2 is 1.03 bits per heavy atom. The summed E-state index contributed by atoms with van der Waals surface area (Å²) >= 11 is 0. The van der Waals surface area contributed by atoms with Crippen molar-refractivity contribution in [3.63, 3.8) is 0 Å². The van der Waals surface area contributed by atoms with Crippen LogP contribution in [0.15, 0.2) is 12.5 Å². The third-order valence-electron chi connectivity index (χ3n) is 10.8. The fourth-order valence-corrected chi connectivity index (χ4v) is 6.92. The van der Waals surface area contributed by atoms with E-state index in [4.69, 9.17) is 17.2 Å². The van der Waals surface area contributed by atoms with Gasteiger partial charge in [-0.2, -0.15) is 0 Å². The van der Waals surface area contributed by atoms with Crippen LogP contribution in [0.3, 0.4) is 0 Å². The predicted octanol–water partition coefficient (Wildman–Crippen LogP) is -4.92. The van der Waals surface area contributed by atoms with E-state index in [9.17, 15) is 78.0 Å². The number of carbonyl (C=O) groups is 12. The maximum Gasteiger partial charge on any atom is 0.328 e. The van der Waals surface area contributed by atoms with Gasteiger partial charge in [-0.05, 0) is 50.5 Å². The highest BCUT2D eigenvalue weighted by atomic mass is 16.4. The van der Waals surface area contributed by atoms with Crippen molar-refractivity contribution in [3.05, 3.63) is 18.2 Å². The second-order valence-electron chi connectivity index (χ2n) is 18.0. The molecule has 410 valence electrons. The molecule has 0 unspecified atom stereocenters. The van der Waals surface area contributed by atoms with Gasteiger partial charge in [-0.15, -0.1) is 0 Å². The van der Waals surface area contributed by atoms with Crippen LogP contribution in [0, 0.1) is 11.8 Å². The van der Waals surface area contributed by atoms with Crippen LogP contribution >= 0.6 is 0 Å². The molecule has 0 aliphatic rings. The molecule has 9 atom stereocenters. The largest absolute Gasteiger partial charge is 0.481 e. The van der Waals surface area contributed by atoms with Gasteiger partial charge in [0.2, 0.25) is 53.2 Å². The zero-order valence-electron chi connectivity index (χ0n) is 41.6. The Balaban J connectivity index is 3.41. The van der Waals surface area contributed by atoms with Gasteiger partial charge in [0, 0.05) is 18.3 Å². The van der Waals surface area contributed by atoms with Crippen molar-refractivity contribution in [2.45, 2.75) is 160 Å². The van der Waals surface area contributed by atoms with Crippen molar-refractivity contribution < 1.29 is 78.0 Å². The van der Waals surface area contributed by atoms with Crippen molar-refractivity contribution in [3.8, 4) is 0 Å². The van der Waals surface area contributed by atoms with Crippen LogP contribution in [0.25, 0.3) is 0 Å². The zero-order chi connectivity index (χ0) is 55.5. The molecule has 0 aromatic carbocycles. The number of primary amides is 1. The Kier molecular flexibility index (Phi) is 28.5. The van der Waals surface area contributed by atoms with Gasteiger partial charge in [-0.25, -0.2) is 9.78 Å². The molecule has 0 saturated carbocycles. The van der Waals surface area contributed by atoms with Gasteiger partial charge in [-0.1, -0.05) is 47.5 Å². The molecule has 0 fully saturated rings. The summed E-state index contributed by atoms with van der Waals surface area (Å²) in [7, 11) is 0. The SMILES string of the molecule is CCCC[C@@H](NC(=O)[C@H](CC(=O)O)NC(=O)[C@@H](N)Cc1cnc[nH]1)C(=O)N[C@@H](CC(N)=O)C(=O)N[C@@H](CCCCN)C(=O)N[C@H](C(=O)N[C@@H](CC(C)C)C(=O)N[C@@H](CC(=O)O)C(=O)N[C@@H](CO)C(=O)O)C(C)C. The van der Waals surface area contributed by atoms with Gasteiger partial charge in [0.1, 0.15) is 48.3 Å². The van der Waals surface area contributed by atoms with E-state index in [0.717, 1.165) is 0 Å². The maximum absolute atomic E-state index is 14.0. The second kappa shape index (κ2) is 32.7. The number of aromatic nitrogens is 2. The molecule has 29 nitrogen and oxygen atoms in total. The highest BCUT2D eigenvalue weighted by molar-refractivity contribution is 6.00. The minimum absolute atomic E-state index is 0.0437. The normalized spacial score (nSPS) is 14.8. The first-order chi connectivity index (χ1) is 34.2. The number of amides is 9. The topological polar surface area (TPSA) is 489 Å². The number of nitrogens with two attached hydrogens (primary N) is 3. The number of imidazole rings is 1. The number of unbranched alkanes of at least 4 members (excludes halogenated alkanes) is 2. The number of nitrogens with zero attached hydrogens (tertiary/aromatic N) is 1. The molecule has 0 aliphatic heterocycles. The molecule has 0 aliphatic carbocycles. The standard InChI is InChI=1S/C44H73N13O16/c1-6-7-10-25(50-41(69)29(16-33(60)61)52-36(64)24(46)14-23-18-48-20-49-23)37(65)53-28(15-32(47)59)40(68)51-26(11-8-9-12-45)38(66)57-35(22(4)5)43(71)55-27(13-21(2)3)39(67)54-30(17-34(62)63)42(70)56-31(19-58)44(72)73/h18,20-22,24-31,35,58H,6-17,19,45-46H2,1-5H3,(H2,47,59)(H,48,49)(H,50,69)(H,51,68)(H,52,64)(H,53,65)(H,54,67)(H,55,71)(H,56,70)(H,57,66)(H,60,61)(H,62,63)(H,72,73)/t24-,25+,26-,27-,28-,29-,30-,31-,35-/m0/s1. The van der Waals surface area contributed by atoms with Crippen LogP contribution in [0.5, 0.6) is 0 Å². The lowest BCUT2D eigenvalue weighted by Gasteiger charge is -2.29. The van der Waals surface area contributed by atoms with Crippen molar-refractivity contribution >= 4 is 71.1 Å². The smallest absolute Gasteiger partial charge is 0.328 e. The Bertz CT molecular complexity index is 2050. The Labute approximate surface area is 420 Å². The summed E-state index contributed by atoms with van der Waals surface area (Å²) in [5.41, 5.74) is 17.6. The number of hydrogen-bond acceptors (Lipinski definition) is 16. The van der Waals surface area contributed by atoms with Crippen molar-refractivity contribution in [1.29, 1.82) is 0 Å². The number of carbonyl (C=O) groups excluding carboxylic acids is 9. The average Bonchev–Trinajstić information content (AvgIpc) is 3.81. The number of aliphatic carboxylic acids is 3. The van der Waals surface area contributed by atoms with E-state index < -0.39 is 157 Å². The fourth-order valence-electron chi connectivity index (χ4n) is 6.92. The van der Waals surface area contributed by atoms with E-state index in [-0.39, 0.29) is 44.6 Å². The van der Waals surface area contributed by atoms with Crippen LogP contribution in [-0.4, -0.2) is 169 Å². The number of hydrogen-bond donors (Lipinski definition) is 16. The van der Waals surface area contributed by atoms with E-state index in [2.05, 4.69) is 47.2 Å². The lowest BCUT2D eigenvalue weighted by atomic mass is 9.98. The summed E-state index contributed by atoms with van der Waals surface area (Å²) < 4.78 is 0. The maximum atomic E-state index is 14.0. The quantitative estimate of drug-likeness (QED) is 0.0280. The number of carboxylic acid groups (broad SMARTS) is 3. The first-order valence-electron chi connectivity index (χ1n) is 23.7. The van der Waals surface area contributed by atoms with Gasteiger partial charge < -0.3 is 85.1 Å². The third kappa shape index (κ3) is 24.1. The molecule has 0 radical (unpaired) electrons. The van der Waals surface area contributed by atoms with Crippen LogP contribution in [0.1, 0.15) is 105 Å². The molecule has 0 spiro atoms. The van der Waals surface area contributed by atoms with Crippen molar-refractivity contribution in [1.82, 2.24) is 52.5 Å². The molecule has 0 saturated heterocycles. The lowest BCUT2D eigenvalue weighted by molar-refractivity contribution is -0.144. The number of rotatable bonds is 36. The van der Waals surface area contributed by atoms with Crippen molar-refractivity contribution in [2.24, 2.45) is 29.0 Å². The van der Waals surface area contributed by atoms with Crippen LogP contribution in [0.2, 0.25) is 0 Å². The minimum Gasteiger partial charge on any atom is -0.481 e. The molecule has 1 aromatic heterocycles. The van der Waals surface area contributed by atoms with Gasteiger partial charge in [0.05, 0.1) is 38.2 Å². The third-order valence-corrected chi connectivity index (χ3v) is 10.8. The summed E-state index contributed by atoms with van der Waals surface area (Å²) in [5.74, 6) is -15.0. The number of carboxylic acids is 3. The highest BCUT2D eigenvalue weighted by Crippen LogP contribution is 2.12. The molecule has 1 aromatic rings. The molecular formula is C44H73N13O16. The summed E-state index contributed by atoms with van der Waals surface area (Å²) in [6.45, 7) is 7.33. The number of nitrogens with one attached hydrogen (secondary N) is 9. The summed E-state index contributed by atoms with van der Waals surface area (Å²) in [5, 5.41) is 56.2. The first kappa shape index (κ1) is 63.7. The summed E-state index contributed by atoms with van der Waals surface area (Å²) in [6.07, 6.45) is 1.14. The van der Waals surface area contributed by atoms with E-state index in [0.29, 0.717) is 25.0 Å². The molecular weight excluding hydrogens is 967 g/mol. The average molecular weight is 1040 g/mol. The first-order valence-corrected chi connectivity index (χ1v) is 23.7. The monoisotopic (exact) mass is 1040 g/mol. The van der Waals surface area contributed by atoms with E-state index in [1.54, 1.807) is 34.6 Å². The second-order valence-corrected chi connectivity index (χ2v) is 18.0. The Morgan fingerprint density at radius 1 is 0.589 bits per heavy atom. The van der Waals surface area contributed by atoms with Gasteiger partial charge in [-0.3, -0.25) is 52.7 Å². The van der Waals surface area contributed by atoms with E-state index in [1.807, 2.05) is 5.32 Å². The van der Waals surface area contributed by atoms with E-state index >= 15 is 0 Å². The molecule has 19 N–H and O–H groups in total. The Hall–Kier alpha value is -7.27. The molecule has 9 amide bonds. The molecule has 0 bridgehead atoms. The predicted molar refractivity (Wildman–Crippen MR) is 255 cm³/mol. The van der Waals surface area contributed by atoms with Crippen LogP contribution < -0.4 is 59.7 Å². The van der Waals surface area contributed by atoms with Gasteiger partial charge >= 0.3 is 17.9 Å². The molecule has 29 heteroatoms. The number of aliphatic hydroxyl groups excluding tert-OH is 1. The Morgan fingerprint density at radius 3 is 1.45 bits per heavy atom. The summed E-state index contributed by atoms with van der Waals surface area (Å²) in [4.78, 5) is 162. The minimum atomic E-state index is -1.85. The number of aliphatic hydroxyl groups is 1. The molecule has 1 heterocycles. The van der Waals surface area contributed by atoms with Crippen LogP contribution in [0.4, 0.5) is 0 Å². The van der Waals surface area contributed by atoms with Gasteiger partial charge in [0.15, 0.2) is 0 Å². The van der Waals surface area contributed by atoms with Crippen molar-refractivity contribution in [2.75, 3.05) is 13.2 Å². The van der Waals surface area contributed by atoms with E-state index in [1.165, 1.54) is 12.5 Å². The number of H-pyrrole nitrogens is 1. The van der Waals surface area contributed by atoms with Gasteiger partial charge in [0.25, 0.3) is 0 Å². The number of aromatic amines is 1. The molecule has 1 rings (SSSR count). The fraction of sp³-hybridized carbons (Fsp3) is 0.659. The highest BCUT2D eigenvalue weighted by Gasteiger charge is 2.37.